The van der Waals surface area contributed by atoms with E-state index in [1.807, 2.05) is 65.6 Å². The molecule has 1 heterocycles. The highest BCUT2D eigenvalue weighted by Gasteiger charge is 2.15. The number of alkyl halides is 1. The zero-order chi connectivity index (χ0) is 14.8. The summed E-state index contributed by atoms with van der Waals surface area (Å²) in [6, 6.07) is 16.0. The van der Waals surface area contributed by atoms with Gasteiger partial charge in [-0.2, -0.15) is 5.10 Å². The van der Waals surface area contributed by atoms with Gasteiger partial charge in [0.2, 0.25) is 0 Å². The van der Waals surface area contributed by atoms with E-state index in [2.05, 4.69) is 28.0 Å². The molecule has 0 bridgehead atoms. The molecule has 0 fully saturated rings. The van der Waals surface area contributed by atoms with E-state index in [0.717, 1.165) is 21.8 Å². The van der Waals surface area contributed by atoms with Crippen LogP contribution in [-0.2, 0) is 0 Å². The Morgan fingerprint density at radius 2 is 1.90 bits per heavy atom. The monoisotopic (exact) mass is 360 g/mol. The standard InChI is InChI=1S/C17H14BrClN2/c1-12-7-8-14(19)9-16(12)17(18)13-10-20-21(11-13)15-5-3-2-4-6-15/h2-11,17H,1H3. The average Bonchev–Trinajstić information content (AvgIpc) is 3.00. The van der Waals surface area contributed by atoms with Gasteiger partial charge in [0.05, 0.1) is 16.7 Å². The van der Waals surface area contributed by atoms with Crippen molar-refractivity contribution in [3.05, 3.63) is 82.6 Å². The van der Waals surface area contributed by atoms with Gasteiger partial charge in [0.15, 0.2) is 0 Å². The fourth-order valence-electron chi connectivity index (χ4n) is 2.25. The molecule has 1 atom stereocenters. The van der Waals surface area contributed by atoms with Gasteiger partial charge in [-0.05, 0) is 42.3 Å². The van der Waals surface area contributed by atoms with Crippen LogP contribution >= 0.6 is 27.5 Å². The highest BCUT2D eigenvalue weighted by atomic mass is 79.9. The van der Waals surface area contributed by atoms with Crippen LogP contribution in [0.15, 0.2) is 60.9 Å². The molecular weight excluding hydrogens is 348 g/mol. The largest absolute Gasteiger partial charge is 0.241 e. The van der Waals surface area contributed by atoms with Gasteiger partial charge in [0, 0.05) is 16.8 Å². The maximum absolute atomic E-state index is 6.11. The van der Waals surface area contributed by atoms with Gasteiger partial charge in [-0.3, -0.25) is 0 Å². The molecule has 0 radical (unpaired) electrons. The van der Waals surface area contributed by atoms with Crippen molar-refractivity contribution in [1.82, 2.24) is 9.78 Å². The summed E-state index contributed by atoms with van der Waals surface area (Å²) >= 11 is 9.86. The van der Waals surface area contributed by atoms with Crippen molar-refractivity contribution in [2.45, 2.75) is 11.8 Å². The van der Waals surface area contributed by atoms with Crippen LogP contribution in [0.5, 0.6) is 0 Å². The van der Waals surface area contributed by atoms with Crippen molar-refractivity contribution in [2.75, 3.05) is 0 Å². The Labute approximate surface area is 137 Å². The van der Waals surface area contributed by atoms with Crippen molar-refractivity contribution >= 4 is 27.5 Å². The van der Waals surface area contributed by atoms with Crippen molar-refractivity contribution in [1.29, 1.82) is 0 Å². The fourth-order valence-corrected chi connectivity index (χ4v) is 3.16. The van der Waals surface area contributed by atoms with E-state index >= 15 is 0 Å². The van der Waals surface area contributed by atoms with E-state index in [4.69, 9.17) is 11.6 Å². The molecule has 0 aliphatic carbocycles. The fraction of sp³-hybridized carbons (Fsp3) is 0.118. The lowest BCUT2D eigenvalue weighted by Gasteiger charge is -2.11. The van der Waals surface area contributed by atoms with Gasteiger partial charge in [-0.25, -0.2) is 4.68 Å². The van der Waals surface area contributed by atoms with Crippen LogP contribution in [0.4, 0.5) is 0 Å². The first kappa shape index (κ1) is 14.4. The minimum absolute atomic E-state index is 0.0775. The number of halogens is 2. The lowest BCUT2D eigenvalue weighted by atomic mass is 10.0. The molecule has 3 aromatic rings. The highest BCUT2D eigenvalue weighted by Crippen LogP contribution is 2.34. The first-order chi connectivity index (χ1) is 10.1. The Morgan fingerprint density at radius 3 is 2.67 bits per heavy atom. The lowest BCUT2D eigenvalue weighted by molar-refractivity contribution is 0.880. The molecule has 2 nitrogen and oxygen atoms in total. The lowest BCUT2D eigenvalue weighted by Crippen LogP contribution is -1.95. The summed E-state index contributed by atoms with van der Waals surface area (Å²) in [7, 11) is 0. The van der Waals surface area contributed by atoms with Crippen LogP contribution in [0.1, 0.15) is 21.5 Å². The molecule has 0 saturated carbocycles. The second-order valence-corrected chi connectivity index (χ2v) is 6.27. The van der Waals surface area contributed by atoms with Crippen LogP contribution in [-0.4, -0.2) is 9.78 Å². The number of benzene rings is 2. The van der Waals surface area contributed by atoms with E-state index in [9.17, 15) is 0 Å². The minimum Gasteiger partial charge on any atom is -0.241 e. The number of nitrogens with zero attached hydrogens (tertiary/aromatic N) is 2. The van der Waals surface area contributed by atoms with Crippen LogP contribution < -0.4 is 0 Å². The zero-order valence-corrected chi connectivity index (χ0v) is 13.8. The number of aryl methyl sites for hydroxylation is 1. The molecule has 0 saturated heterocycles. The van der Waals surface area contributed by atoms with Gasteiger partial charge < -0.3 is 0 Å². The Morgan fingerprint density at radius 1 is 1.14 bits per heavy atom. The Hall–Kier alpha value is -1.58. The van der Waals surface area contributed by atoms with Gasteiger partial charge in [-0.15, -0.1) is 0 Å². The summed E-state index contributed by atoms with van der Waals surface area (Å²) in [5, 5.41) is 5.18. The molecule has 1 aromatic heterocycles. The molecule has 1 unspecified atom stereocenters. The number of hydrogen-bond donors (Lipinski definition) is 0. The maximum Gasteiger partial charge on any atom is 0.0678 e. The molecule has 0 amide bonds. The summed E-state index contributed by atoms with van der Waals surface area (Å²) in [5.41, 5.74) is 4.51. The Bertz CT molecular complexity index is 752. The van der Waals surface area contributed by atoms with Crippen molar-refractivity contribution in [3.8, 4) is 5.69 Å². The molecule has 0 aliphatic rings. The summed E-state index contributed by atoms with van der Waals surface area (Å²) < 4.78 is 1.88. The van der Waals surface area contributed by atoms with Crippen molar-refractivity contribution < 1.29 is 0 Å². The number of para-hydroxylation sites is 1. The summed E-state index contributed by atoms with van der Waals surface area (Å²) in [6.45, 7) is 2.08. The second kappa shape index (κ2) is 6.04. The summed E-state index contributed by atoms with van der Waals surface area (Å²) in [5.74, 6) is 0. The number of aromatic nitrogens is 2. The van der Waals surface area contributed by atoms with Gasteiger partial charge in [-0.1, -0.05) is 51.8 Å². The third kappa shape index (κ3) is 3.04. The second-order valence-electron chi connectivity index (χ2n) is 4.92. The van der Waals surface area contributed by atoms with E-state index in [0.29, 0.717) is 0 Å². The zero-order valence-electron chi connectivity index (χ0n) is 11.5. The van der Waals surface area contributed by atoms with Gasteiger partial charge in [0.25, 0.3) is 0 Å². The van der Waals surface area contributed by atoms with Gasteiger partial charge >= 0.3 is 0 Å². The highest BCUT2D eigenvalue weighted by molar-refractivity contribution is 9.09. The summed E-state index contributed by atoms with van der Waals surface area (Å²) in [6.07, 6.45) is 3.92. The molecule has 21 heavy (non-hydrogen) atoms. The van der Waals surface area contributed by atoms with Crippen LogP contribution in [0.2, 0.25) is 5.02 Å². The predicted octanol–water partition coefficient (Wildman–Crippen LogP) is 5.32. The third-order valence-corrected chi connectivity index (χ3v) is 4.69. The van der Waals surface area contributed by atoms with Crippen molar-refractivity contribution in [3.63, 3.8) is 0 Å². The third-order valence-electron chi connectivity index (χ3n) is 3.43. The quantitative estimate of drug-likeness (QED) is 0.577. The average molecular weight is 362 g/mol. The van der Waals surface area contributed by atoms with Crippen LogP contribution in [0.3, 0.4) is 0 Å². The van der Waals surface area contributed by atoms with Crippen LogP contribution in [0.25, 0.3) is 5.69 Å². The smallest absolute Gasteiger partial charge is 0.0678 e. The molecule has 0 aliphatic heterocycles. The molecule has 0 spiro atoms. The topological polar surface area (TPSA) is 17.8 Å². The Balaban J connectivity index is 1.94. The molecular formula is C17H14BrClN2. The number of rotatable bonds is 3. The molecule has 3 rings (SSSR count). The predicted molar refractivity (Wildman–Crippen MR) is 90.5 cm³/mol. The van der Waals surface area contributed by atoms with Gasteiger partial charge in [0.1, 0.15) is 0 Å². The number of hydrogen-bond acceptors (Lipinski definition) is 1. The normalized spacial score (nSPS) is 12.3. The molecule has 106 valence electrons. The first-order valence-corrected chi connectivity index (χ1v) is 7.94. The maximum atomic E-state index is 6.11. The summed E-state index contributed by atoms with van der Waals surface area (Å²) in [4.78, 5) is 0.0775. The van der Waals surface area contributed by atoms with Crippen molar-refractivity contribution in [2.24, 2.45) is 0 Å². The molecule has 0 N–H and O–H groups in total. The van der Waals surface area contributed by atoms with E-state index < -0.39 is 0 Å². The molecule has 2 aromatic carbocycles. The Kier molecular flexibility index (Phi) is 4.13. The minimum atomic E-state index is 0.0775. The first-order valence-electron chi connectivity index (χ1n) is 6.65. The molecule has 4 heteroatoms. The van der Waals surface area contributed by atoms with E-state index in [1.165, 1.54) is 5.56 Å². The SMILES string of the molecule is Cc1ccc(Cl)cc1C(Br)c1cnn(-c2ccccc2)c1. The van der Waals surface area contributed by atoms with E-state index in [-0.39, 0.29) is 4.83 Å². The van der Waals surface area contributed by atoms with Crippen LogP contribution in [0, 0.1) is 6.92 Å². The van der Waals surface area contributed by atoms with E-state index in [1.54, 1.807) is 0 Å².